The fourth-order valence-electron chi connectivity index (χ4n) is 6.81. The summed E-state index contributed by atoms with van der Waals surface area (Å²) in [5.74, 6) is -0.813. The minimum absolute atomic E-state index is 0.0581. The summed E-state index contributed by atoms with van der Waals surface area (Å²) in [4.78, 5) is 34.8. The van der Waals surface area contributed by atoms with Crippen LogP contribution in [0.2, 0.25) is 0 Å². The first-order valence-electron chi connectivity index (χ1n) is 23.0. The number of esters is 2. The molecule has 0 aliphatic rings. The molecule has 0 radical (unpaired) electrons. The maximum Gasteiger partial charge on any atom is 0.472 e. The first-order valence-corrected chi connectivity index (χ1v) is 24.5. The zero-order chi connectivity index (χ0) is 39.6. The number of carbonyl (C=O) groups excluding carboxylic acids is 2. The Morgan fingerprint density at radius 3 is 1.13 bits per heavy atom. The summed E-state index contributed by atoms with van der Waals surface area (Å²) in [6.45, 7) is 3.77. The van der Waals surface area contributed by atoms with Crippen LogP contribution in [0.3, 0.4) is 0 Å². The Balaban J connectivity index is 3.99. The second-order valence-corrected chi connectivity index (χ2v) is 17.1. The van der Waals surface area contributed by atoms with Gasteiger partial charge in [0.15, 0.2) is 6.10 Å². The molecule has 0 fully saturated rings. The summed E-state index contributed by atoms with van der Waals surface area (Å²) in [5, 5.41) is 0. The number of rotatable bonds is 44. The quantitative estimate of drug-likeness (QED) is 0.0351. The molecule has 0 rings (SSSR count). The van der Waals surface area contributed by atoms with Crippen LogP contribution in [0, 0.1) is 0 Å². The maximum atomic E-state index is 12.6. The molecule has 0 heterocycles. The molecule has 0 aliphatic heterocycles. The van der Waals surface area contributed by atoms with Gasteiger partial charge in [-0.25, -0.2) is 4.57 Å². The third-order valence-corrected chi connectivity index (χ3v) is 11.2. The third kappa shape index (κ3) is 40.7. The van der Waals surface area contributed by atoms with E-state index in [2.05, 4.69) is 13.8 Å². The van der Waals surface area contributed by atoms with E-state index < -0.39 is 26.5 Å². The summed E-state index contributed by atoms with van der Waals surface area (Å²) < 4.78 is 32.8. The number of phosphoric acid groups is 1. The van der Waals surface area contributed by atoms with Gasteiger partial charge in [0.05, 0.1) is 13.2 Å². The highest BCUT2D eigenvalue weighted by Gasteiger charge is 2.26. The smallest absolute Gasteiger partial charge is 0.462 e. The molecule has 0 aromatic carbocycles. The highest BCUT2D eigenvalue weighted by molar-refractivity contribution is 7.47. The molecule has 0 bridgehead atoms. The molecule has 54 heavy (non-hydrogen) atoms. The van der Waals surface area contributed by atoms with Crippen LogP contribution in [0.4, 0.5) is 0 Å². The van der Waals surface area contributed by atoms with Crippen molar-refractivity contribution >= 4 is 19.8 Å². The van der Waals surface area contributed by atoms with E-state index in [4.69, 9.17) is 24.3 Å². The van der Waals surface area contributed by atoms with Crippen molar-refractivity contribution in [3.63, 3.8) is 0 Å². The molecule has 1 unspecified atom stereocenters. The Kier molecular flexibility index (Phi) is 40.9. The van der Waals surface area contributed by atoms with E-state index in [9.17, 15) is 19.0 Å². The van der Waals surface area contributed by atoms with Gasteiger partial charge in [-0.1, -0.05) is 213 Å². The van der Waals surface area contributed by atoms with Crippen molar-refractivity contribution in [3.8, 4) is 0 Å². The summed E-state index contributed by atoms with van der Waals surface area (Å²) in [6.07, 6.45) is 41.4. The average molecular weight is 790 g/mol. The zero-order valence-electron chi connectivity index (χ0n) is 35.5. The summed E-state index contributed by atoms with van der Waals surface area (Å²) in [7, 11) is -4.37. The van der Waals surface area contributed by atoms with Gasteiger partial charge >= 0.3 is 19.8 Å². The number of nitrogens with two attached hydrogens (primary N) is 1. The summed E-state index contributed by atoms with van der Waals surface area (Å²) >= 11 is 0. The molecule has 322 valence electrons. The fraction of sp³-hybridized carbons (Fsp3) is 0.955. The Morgan fingerprint density at radius 1 is 0.481 bits per heavy atom. The van der Waals surface area contributed by atoms with Gasteiger partial charge in [-0.05, 0) is 12.8 Å². The van der Waals surface area contributed by atoms with Crippen LogP contribution in [-0.4, -0.2) is 49.3 Å². The van der Waals surface area contributed by atoms with E-state index in [1.165, 1.54) is 173 Å². The Labute approximate surface area is 333 Å². The molecule has 2 atom stereocenters. The topological polar surface area (TPSA) is 134 Å². The van der Waals surface area contributed by atoms with E-state index in [0.29, 0.717) is 6.42 Å². The second-order valence-electron chi connectivity index (χ2n) is 15.6. The molecule has 0 amide bonds. The number of carbonyl (C=O) groups is 2. The van der Waals surface area contributed by atoms with Gasteiger partial charge in [0.1, 0.15) is 6.61 Å². The van der Waals surface area contributed by atoms with Gasteiger partial charge in [-0.3, -0.25) is 18.6 Å². The number of hydrogen-bond acceptors (Lipinski definition) is 8. The average Bonchev–Trinajstić information content (AvgIpc) is 3.16. The minimum Gasteiger partial charge on any atom is -0.462 e. The predicted octanol–water partition coefficient (Wildman–Crippen LogP) is 13.2. The zero-order valence-corrected chi connectivity index (χ0v) is 36.4. The third-order valence-electron chi connectivity index (χ3n) is 10.2. The number of ether oxygens (including phenoxy) is 2. The molecule has 0 aromatic rings. The maximum absolute atomic E-state index is 12.6. The highest BCUT2D eigenvalue weighted by atomic mass is 31.2. The van der Waals surface area contributed by atoms with Gasteiger partial charge in [0.25, 0.3) is 0 Å². The van der Waals surface area contributed by atoms with Crippen LogP contribution in [-0.2, 0) is 32.7 Å². The highest BCUT2D eigenvalue weighted by Crippen LogP contribution is 2.43. The van der Waals surface area contributed by atoms with Crippen LogP contribution in [0.1, 0.15) is 239 Å². The molecule has 9 nitrogen and oxygen atoms in total. The lowest BCUT2D eigenvalue weighted by Crippen LogP contribution is -2.29. The van der Waals surface area contributed by atoms with Crippen molar-refractivity contribution < 1.29 is 37.6 Å². The predicted molar refractivity (Wildman–Crippen MR) is 225 cm³/mol. The summed E-state index contributed by atoms with van der Waals surface area (Å²) in [5.41, 5.74) is 5.35. The molecule has 0 aliphatic carbocycles. The van der Waals surface area contributed by atoms with Crippen molar-refractivity contribution in [1.82, 2.24) is 0 Å². The molecule has 0 saturated heterocycles. The van der Waals surface area contributed by atoms with E-state index in [1.807, 2.05) is 0 Å². The van der Waals surface area contributed by atoms with Crippen molar-refractivity contribution in [3.05, 3.63) is 0 Å². The molecule has 3 N–H and O–H groups in total. The minimum atomic E-state index is -4.37. The van der Waals surface area contributed by atoms with Crippen LogP contribution in [0.15, 0.2) is 0 Å². The molecule has 0 aromatic heterocycles. The van der Waals surface area contributed by atoms with E-state index in [0.717, 1.165) is 32.1 Å². The van der Waals surface area contributed by atoms with E-state index in [1.54, 1.807) is 0 Å². The normalized spacial score (nSPS) is 13.2. The van der Waals surface area contributed by atoms with Crippen molar-refractivity contribution in [2.45, 2.75) is 245 Å². The van der Waals surface area contributed by atoms with Gasteiger partial charge in [0, 0.05) is 19.4 Å². The molecular formula is C44H88NO8P. The van der Waals surface area contributed by atoms with E-state index in [-0.39, 0.29) is 38.6 Å². The standard InChI is InChI=1S/C44H88NO8P/c1-3-5-7-9-11-13-15-16-17-18-19-20-21-22-23-24-25-27-29-31-33-35-37-44(47)53-42(41-52-54(48,49)51-39-38-45)40-50-43(46)36-34-32-30-28-26-14-12-10-8-6-4-2/h42H,3-41,45H2,1-2H3,(H,48,49)/t42-/m1/s1. The summed E-state index contributed by atoms with van der Waals surface area (Å²) in [6, 6.07) is 0. The first-order chi connectivity index (χ1) is 26.3. The van der Waals surface area contributed by atoms with Crippen LogP contribution in [0.25, 0.3) is 0 Å². The molecule has 0 saturated carbocycles. The second kappa shape index (κ2) is 41.6. The molecule has 0 spiro atoms. The lowest BCUT2D eigenvalue weighted by Gasteiger charge is -2.19. The number of phosphoric ester groups is 1. The fourth-order valence-corrected chi connectivity index (χ4v) is 7.58. The first kappa shape index (κ1) is 53.0. The number of hydrogen-bond donors (Lipinski definition) is 2. The van der Waals surface area contributed by atoms with Crippen LogP contribution in [0.5, 0.6) is 0 Å². The van der Waals surface area contributed by atoms with Gasteiger partial charge in [-0.15, -0.1) is 0 Å². The van der Waals surface area contributed by atoms with Gasteiger partial charge in [0.2, 0.25) is 0 Å². The largest absolute Gasteiger partial charge is 0.472 e. The SMILES string of the molecule is CCCCCCCCCCCCCCCCCCCCCCCCC(=O)O[C@H](COC(=O)CCCCCCCCCCCCC)COP(=O)(O)OCCN. The molecule has 10 heteroatoms. The lowest BCUT2D eigenvalue weighted by atomic mass is 10.0. The van der Waals surface area contributed by atoms with Crippen molar-refractivity contribution in [1.29, 1.82) is 0 Å². The lowest BCUT2D eigenvalue weighted by molar-refractivity contribution is -0.161. The Morgan fingerprint density at radius 2 is 0.796 bits per heavy atom. The Hall–Kier alpha value is -0.990. The van der Waals surface area contributed by atoms with Crippen LogP contribution < -0.4 is 5.73 Å². The van der Waals surface area contributed by atoms with E-state index >= 15 is 0 Å². The van der Waals surface area contributed by atoms with Gasteiger partial charge in [-0.2, -0.15) is 0 Å². The van der Waals surface area contributed by atoms with Crippen molar-refractivity contribution in [2.75, 3.05) is 26.4 Å². The van der Waals surface area contributed by atoms with Crippen molar-refractivity contribution in [2.24, 2.45) is 5.73 Å². The van der Waals surface area contributed by atoms with Gasteiger partial charge < -0.3 is 20.1 Å². The van der Waals surface area contributed by atoms with Crippen LogP contribution >= 0.6 is 7.82 Å². The number of unbranched alkanes of at least 4 members (excludes halogenated alkanes) is 31. The molecular weight excluding hydrogens is 701 g/mol. The monoisotopic (exact) mass is 790 g/mol. The Bertz CT molecular complexity index is 860.